The third-order valence-corrected chi connectivity index (χ3v) is 6.70. The summed E-state index contributed by atoms with van der Waals surface area (Å²) < 4.78 is 0. The number of benzene rings is 3. The van der Waals surface area contributed by atoms with Crippen molar-refractivity contribution in [3.8, 4) is 22.5 Å². The molecule has 7 heteroatoms. The molecule has 3 aromatic carbocycles. The van der Waals surface area contributed by atoms with Gasteiger partial charge in [0.1, 0.15) is 11.3 Å². The van der Waals surface area contributed by atoms with Gasteiger partial charge in [-0.05, 0) is 47.4 Å². The molecule has 7 nitrogen and oxygen atoms in total. The number of carbonyl (C=O) groups excluding carboxylic acids is 1. The summed E-state index contributed by atoms with van der Waals surface area (Å²) in [4.78, 5) is 35.1. The Bertz CT molecular complexity index is 1790. The van der Waals surface area contributed by atoms with E-state index in [0.29, 0.717) is 16.6 Å². The van der Waals surface area contributed by atoms with E-state index in [1.807, 2.05) is 43.3 Å². The maximum atomic E-state index is 13.6. The average Bonchev–Trinajstić information content (AvgIpc) is 3.48. The largest absolute Gasteiger partial charge is 0.341 e. The quantitative estimate of drug-likeness (QED) is 0.364. The summed E-state index contributed by atoms with van der Waals surface area (Å²) in [5.74, 6) is 0.588. The van der Waals surface area contributed by atoms with Crippen molar-refractivity contribution in [2.75, 3.05) is 0 Å². The second kappa shape index (κ2) is 7.81. The predicted molar refractivity (Wildman–Crippen MR) is 138 cm³/mol. The number of amides is 1. The van der Waals surface area contributed by atoms with Gasteiger partial charge in [0, 0.05) is 18.0 Å². The number of imidazole rings is 1. The molecular formula is C29H20N6O. The molecule has 172 valence electrons. The van der Waals surface area contributed by atoms with E-state index < -0.39 is 0 Å². The Hall–Kier alpha value is -4.91. The van der Waals surface area contributed by atoms with Crippen LogP contribution in [0.1, 0.15) is 33.2 Å². The number of pyridine rings is 1. The van der Waals surface area contributed by atoms with E-state index in [2.05, 4.69) is 49.5 Å². The molecule has 0 saturated heterocycles. The molecular weight excluding hydrogens is 448 g/mol. The fraction of sp³-hybridized carbons (Fsp3) is 0.0690. The average molecular weight is 469 g/mol. The molecule has 36 heavy (non-hydrogen) atoms. The smallest absolute Gasteiger partial charge is 0.254 e. The van der Waals surface area contributed by atoms with E-state index in [4.69, 9.17) is 4.98 Å². The summed E-state index contributed by atoms with van der Waals surface area (Å²) in [5.41, 5.74) is 9.54. The van der Waals surface area contributed by atoms with Crippen molar-refractivity contribution in [2.45, 2.75) is 13.0 Å². The molecule has 3 heterocycles. The molecule has 1 atom stereocenters. The van der Waals surface area contributed by atoms with E-state index in [0.717, 1.165) is 50.4 Å². The van der Waals surface area contributed by atoms with Gasteiger partial charge in [-0.1, -0.05) is 48.5 Å². The molecule has 0 bridgehead atoms. The number of para-hydroxylation sites is 1. The molecule has 2 N–H and O–H groups in total. The highest BCUT2D eigenvalue weighted by molar-refractivity contribution is 6.05. The Morgan fingerprint density at radius 3 is 2.61 bits per heavy atom. The molecule has 0 saturated carbocycles. The first-order valence-electron chi connectivity index (χ1n) is 11.7. The molecule has 3 aromatic heterocycles. The van der Waals surface area contributed by atoms with Gasteiger partial charge >= 0.3 is 0 Å². The summed E-state index contributed by atoms with van der Waals surface area (Å²) in [5, 5.41) is 3.28. The first-order chi connectivity index (χ1) is 17.7. The minimum absolute atomic E-state index is 0.187. The summed E-state index contributed by atoms with van der Waals surface area (Å²) in [7, 11) is 0. The van der Waals surface area contributed by atoms with Crippen molar-refractivity contribution < 1.29 is 4.79 Å². The van der Waals surface area contributed by atoms with Crippen molar-refractivity contribution >= 4 is 28.0 Å². The third-order valence-electron chi connectivity index (χ3n) is 6.70. The zero-order valence-electron chi connectivity index (χ0n) is 19.4. The van der Waals surface area contributed by atoms with Crippen LogP contribution >= 0.6 is 0 Å². The van der Waals surface area contributed by atoms with Gasteiger partial charge in [0.05, 0.1) is 40.0 Å². The molecule has 0 fully saturated rings. The minimum Gasteiger partial charge on any atom is -0.341 e. The summed E-state index contributed by atoms with van der Waals surface area (Å²) in [6.07, 6.45) is 5.23. The van der Waals surface area contributed by atoms with Crippen LogP contribution in [0.3, 0.4) is 0 Å². The van der Waals surface area contributed by atoms with Crippen LogP contribution in [-0.4, -0.2) is 30.8 Å². The van der Waals surface area contributed by atoms with Gasteiger partial charge in [0.2, 0.25) is 0 Å². The fourth-order valence-electron chi connectivity index (χ4n) is 5.11. The highest BCUT2D eigenvalue weighted by Gasteiger charge is 2.32. The van der Waals surface area contributed by atoms with Crippen molar-refractivity contribution in [3.63, 3.8) is 0 Å². The van der Waals surface area contributed by atoms with E-state index in [1.54, 1.807) is 24.7 Å². The van der Waals surface area contributed by atoms with Crippen LogP contribution < -0.4 is 5.32 Å². The van der Waals surface area contributed by atoms with Crippen molar-refractivity contribution in [1.29, 1.82) is 0 Å². The van der Waals surface area contributed by atoms with Crippen LogP contribution in [0.25, 0.3) is 44.6 Å². The Morgan fingerprint density at radius 2 is 1.69 bits per heavy atom. The molecule has 0 radical (unpaired) electrons. The number of nitrogens with one attached hydrogen (secondary N) is 2. The molecule has 0 aliphatic heterocycles. The van der Waals surface area contributed by atoms with Gasteiger partial charge in [-0.25, -0.2) is 9.97 Å². The van der Waals surface area contributed by atoms with Crippen molar-refractivity contribution in [3.05, 3.63) is 108 Å². The number of fused-ring (bicyclic) bond motifs is 5. The minimum atomic E-state index is -0.303. The lowest BCUT2D eigenvalue weighted by Crippen LogP contribution is -2.28. The predicted octanol–water partition coefficient (Wildman–Crippen LogP) is 5.38. The Labute approximate surface area is 206 Å². The van der Waals surface area contributed by atoms with Crippen LogP contribution in [0.15, 0.2) is 85.3 Å². The van der Waals surface area contributed by atoms with E-state index >= 15 is 0 Å². The highest BCUT2D eigenvalue weighted by atomic mass is 16.1. The first-order valence-corrected chi connectivity index (χ1v) is 11.7. The topological polar surface area (TPSA) is 96.5 Å². The van der Waals surface area contributed by atoms with E-state index in [9.17, 15) is 4.79 Å². The SMILES string of the molecule is Cc1cnc2cccc(C(=O)NC3c4ccccc4-c4c(-c5nc6ccncc6[nH]5)cccc43)c2n1. The Balaban J connectivity index is 1.35. The summed E-state index contributed by atoms with van der Waals surface area (Å²) in [6.45, 7) is 1.88. The van der Waals surface area contributed by atoms with Crippen LogP contribution in [0.2, 0.25) is 0 Å². The Kier molecular flexibility index (Phi) is 4.44. The van der Waals surface area contributed by atoms with Crippen LogP contribution in [0.4, 0.5) is 0 Å². The van der Waals surface area contributed by atoms with Gasteiger partial charge in [0.25, 0.3) is 5.91 Å². The number of hydrogen-bond acceptors (Lipinski definition) is 5. The fourth-order valence-corrected chi connectivity index (χ4v) is 5.11. The molecule has 1 amide bonds. The number of hydrogen-bond donors (Lipinski definition) is 2. The number of H-pyrrole nitrogens is 1. The zero-order chi connectivity index (χ0) is 24.2. The van der Waals surface area contributed by atoms with Gasteiger partial charge in [0.15, 0.2) is 0 Å². The lowest BCUT2D eigenvalue weighted by Gasteiger charge is -2.17. The van der Waals surface area contributed by atoms with Crippen LogP contribution in [0, 0.1) is 6.92 Å². The van der Waals surface area contributed by atoms with Crippen LogP contribution in [0.5, 0.6) is 0 Å². The molecule has 6 aromatic rings. The zero-order valence-corrected chi connectivity index (χ0v) is 19.4. The number of nitrogens with zero attached hydrogens (tertiary/aromatic N) is 4. The lowest BCUT2D eigenvalue weighted by molar-refractivity contribution is 0.0945. The van der Waals surface area contributed by atoms with Gasteiger partial charge < -0.3 is 10.3 Å². The Morgan fingerprint density at radius 1 is 0.861 bits per heavy atom. The number of carbonyl (C=O) groups is 1. The highest BCUT2D eigenvalue weighted by Crippen LogP contribution is 2.47. The van der Waals surface area contributed by atoms with Crippen molar-refractivity contribution in [1.82, 2.24) is 30.2 Å². The normalized spacial score (nSPS) is 14.1. The monoisotopic (exact) mass is 468 g/mol. The lowest BCUT2D eigenvalue weighted by atomic mass is 9.98. The molecule has 0 spiro atoms. The molecule has 1 aliphatic rings. The second-order valence-corrected chi connectivity index (χ2v) is 8.93. The maximum absolute atomic E-state index is 13.6. The third kappa shape index (κ3) is 3.10. The number of aryl methyl sites for hydroxylation is 1. The number of aromatic nitrogens is 5. The molecule has 1 unspecified atom stereocenters. The van der Waals surface area contributed by atoms with Gasteiger partial charge in [-0.15, -0.1) is 0 Å². The van der Waals surface area contributed by atoms with Gasteiger partial charge in [-0.3, -0.25) is 14.8 Å². The molecule has 7 rings (SSSR count). The second-order valence-electron chi connectivity index (χ2n) is 8.93. The first kappa shape index (κ1) is 20.5. The van der Waals surface area contributed by atoms with Crippen LogP contribution in [-0.2, 0) is 0 Å². The number of aromatic amines is 1. The van der Waals surface area contributed by atoms with Gasteiger partial charge in [-0.2, -0.15) is 0 Å². The summed E-state index contributed by atoms with van der Waals surface area (Å²) in [6, 6.07) is 21.4. The number of rotatable bonds is 3. The summed E-state index contributed by atoms with van der Waals surface area (Å²) >= 11 is 0. The van der Waals surface area contributed by atoms with E-state index in [-0.39, 0.29) is 11.9 Å². The maximum Gasteiger partial charge on any atom is 0.254 e. The standard InChI is InChI=1S/C29H20N6O/c1-16-14-31-23-11-5-10-21(27(23)32-16)29(36)35-26-18-7-3-2-6-17(18)25-19(26)8-4-9-20(25)28-33-22-12-13-30-15-24(22)34-28/h2-15,26H,1H3,(H,33,34)(H,35,36). The molecule has 1 aliphatic carbocycles. The van der Waals surface area contributed by atoms with Crippen molar-refractivity contribution in [2.24, 2.45) is 0 Å². The van der Waals surface area contributed by atoms with E-state index in [1.165, 1.54) is 0 Å².